The smallest absolute Gasteiger partial charge is 0.165 e. The van der Waals surface area contributed by atoms with Crippen molar-refractivity contribution in [3.8, 4) is 45.3 Å². The molecule has 4 nitrogen and oxygen atoms in total. The fourth-order valence-corrected chi connectivity index (χ4v) is 7.65. The van der Waals surface area contributed by atoms with Gasteiger partial charge in [-0.3, -0.25) is 0 Å². The van der Waals surface area contributed by atoms with Gasteiger partial charge in [-0.25, -0.2) is 15.0 Å². The number of hydrogen-bond acceptors (Lipinski definition) is 4. The lowest BCUT2D eigenvalue weighted by Gasteiger charge is -2.17. The van der Waals surface area contributed by atoms with Crippen molar-refractivity contribution >= 4 is 44.4 Å². The first-order valence-corrected chi connectivity index (χ1v) is 17.4. The van der Waals surface area contributed by atoms with Crippen LogP contribution < -0.4 is 10.4 Å². The standard InChI is InChI=1S/C47H31N3O/c1-2-14-33(15-3-1)45-48-46(34-26-24-32(25-27-34)36-21-10-16-30-12-4-6-18-35(30)36)50-47(49-45)44-39(38-22-11-17-31-13-5-7-19-37(31)38)28-29-42-43(44)40-20-8-9-23-41(40)51-42/h1-10,12-21,23-29H,11,22H2. The van der Waals surface area contributed by atoms with Crippen LogP contribution in [-0.2, 0) is 0 Å². The topological polar surface area (TPSA) is 51.8 Å². The zero-order valence-corrected chi connectivity index (χ0v) is 27.8. The lowest BCUT2D eigenvalue weighted by Crippen LogP contribution is -2.29. The van der Waals surface area contributed by atoms with Crippen molar-refractivity contribution in [2.24, 2.45) is 0 Å². The van der Waals surface area contributed by atoms with E-state index in [0.717, 1.165) is 62.6 Å². The third-order valence-electron chi connectivity index (χ3n) is 10.0. The van der Waals surface area contributed by atoms with Gasteiger partial charge in [0.15, 0.2) is 17.5 Å². The Bertz CT molecular complexity index is 2900. The summed E-state index contributed by atoms with van der Waals surface area (Å²) in [4.78, 5) is 15.7. The number of hydrogen-bond donors (Lipinski definition) is 0. The van der Waals surface area contributed by atoms with E-state index in [9.17, 15) is 0 Å². The lowest BCUT2D eigenvalue weighted by molar-refractivity contribution is 0.669. The second-order valence-electron chi connectivity index (χ2n) is 13.0. The Hall–Kier alpha value is -6.65. The molecule has 0 fully saturated rings. The van der Waals surface area contributed by atoms with E-state index in [2.05, 4.69) is 133 Å². The van der Waals surface area contributed by atoms with E-state index in [1.165, 1.54) is 32.3 Å². The van der Waals surface area contributed by atoms with Gasteiger partial charge in [-0.05, 0) is 68.4 Å². The van der Waals surface area contributed by atoms with Crippen LogP contribution in [0.2, 0.25) is 0 Å². The summed E-state index contributed by atoms with van der Waals surface area (Å²) in [5.74, 6) is 1.89. The highest BCUT2D eigenvalue weighted by molar-refractivity contribution is 6.14. The van der Waals surface area contributed by atoms with Gasteiger partial charge in [0.2, 0.25) is 0 Å². The fourth-order valence-electron chi connectivity index (χ4n) is 7.65. The van der Waals surface area contributed by atoms with E-state index in [-0.39, 0.29) is 0 Å². The van der Waals surface area contributed by atoms with E-state index >= 15 is 0 Å². The van der Waals surface area contributed by atoms with Gasteiger partial charge in [-0.15, -0.1) is 0 Å². The van der Waals surface area contributed by atoms with Gasteiger partial charge in [0.05, 0.1) is 0 Å². The molecule has 7 aromatic carbocycles. The number of rotatable bonds is 5. The van der Waals surface area contributed by atoms with Crippen molar-refractivity contribution in [2.75, 3.05) is 0 Å². The van der Waals surface area contributed by atoms with Crippen molar-refractivity contribution in [2.45, 2.75) is 12.8 Å². The number of aromatic nitrogens is 3. The highest BCUT2D eigenvalue weighted by Gasteiger charge is 2.23. The predicted molar refractivity (Wildman–Crippen MR) is 208 cm³/mol. The van der Waals surface area contributed by atoms with Crippen molar-refractivity contribution < 1.29 is 4.42 Å². The Morgan fingerprint density at radius 2 is 1.12 bits per heavy atom. The van der Waals surface area contributed by atoms with Gasteiger partial charge < -0.3 is 4.42 Å². The number of furan rings is 1. The molecule has 10 rings (SSSR count). The Morgan fingerprint density at radius 1 is 0.451 bits per heavy atom. The molecule has 0 amide bonds. The molecule has 1 aliphatic rings. The van der Waals surface area contributed by atoms with Gasteiger partial charge in [-0.1, -0.05) is 152 Å². The maximum atomic E-state index is 6.46. The van der Waals surface area contributed by atoms with Gasteiger partial charge in [0.1, 0.15) is 11.2 Å². The fraction of sp³-hybridized carbons (Fsp3) is 0.0426. The summed E-state index contributed by atoms with van der Waals surface area (Å²) in [7, 11) is 0. The van der Waals surface area contributed by atoms with Crippen molar-refractivity contribution in [3.05, 3.63) is 174 Å². The van der Waals surface area contributed by atoms with Gasteiger partial charge in [-0.2, -0.15) is 0 Å². The van der Waals surface area contributed by atoms with Crippen molar-refractivity contribution in [1.82, 2.24) is 15.0 Å². The zero-order chi connectivity index (χ0) is 33.7. The van der Waals surface area contributed by atoms with Crippen LogP contribution in [0.25, 0.3) is 89.7 Å². The molecule has 0 saturated heterocycles. The maximum Gasteiger partial charge on any atom is 0.165 e. The van der Waals surface area contributed by atoms with Crippen LogP contribution in [-0.4, -0.2) is 15.0 Å². The number of benzene rings is 7. The lowest BCUT2D eigenvalue weighted by atomic mass is 9.88. The van der Waals surface area contributed by atoms with E-state index in [0.29, 0.717) is 17.5 Å². The molecular formula is C47H31N3O. The van der Waals surface area contributed by atoms with Crippen LogP contribution in [0.15, 0.2) is 162 Å². The predicted octanol–water partition coefficient (Wildman–Crippen LogP) is 10.4. The highest BCUT2D eigenvalue weighted by atomic mass is 16.3. The zero-order valence-electron chi connectivity index (χ0n) is 27.8. The Kier molecular flexibility index (Phi) is 6.91. The normalized spacial score (nSPS) is 12.7. The molecule has 0 bridgehead atoms. The molecule has 2 aromatic heterocycles. The molecule has 0 aliphatic heterocycles. The van der Waals surface area contributed by atoms with Crippen LogP contribution in [0.5, 0.6) is 0 Å². The van der Waals surface area contributed by atoms with Crippen LogP contribution >= 0.6 is 0 Å². The summed E-state index contributed by atoms with van der Waals surface area (Å²) in [5.41, 5.74) is 9.25. The van der Waals surface area contributed by atoms with Crippen molar-refractivity contribution in [1.29, 1.82) is 0 Å². The van der Waals surface area contributed by atoms with Crippen LogP contribution in [0.3, 0.4) is 0 Å². The molecule has 51 heavy (non-hydrogen) atoms. The van der Waals surface area contributed by atoms with Crippen LogP contribution in [0, 0.1) is 0 Å². The number of nitrogens with zero attached hydrogens (tertiary/aromatic N) is 3. The molecule has 4 heteroatoms. The molecule has 240 valence electrons. The Balaban J connectivity index is 1.23. The second kappa shape index (κ2) is 12.0. The molecular weight excluding hydrogens is 623 g/mol. The molecule has 1 aliphatic carbocycles. The quantitative estimate of drug-likeness (QED) is 0.186. The largest absolute Gasteiger partial charge is 0.456 e. The molecule has 2 heterocycles. The average molecular weight is 654 g/mol. The van der Waals surface area contributed by atoms with E-state index in [4.69, 9.17) is 19.4 Å². The van der Waals surface area contributed by atoms with E-state index in [1.807, 2.05) is 30.3 Å². The van der Waals surface area contributed by atoms with Crippen LogP contribution in [0.4, 0.5) is 0 Å². The molecule has 9 aromatic rings. The van der Waals surface area contributed by atoms with Gasteiger partial charge in [0, 0.05) is 27.5 Å². The monoisotopic (exact) mass is 653 g/mol. The summed E-state index contributed by atoms with van der Waals surface area (Å²) >= 11 is 0. The minimum atomic E-state index is 0.626. The third kappa shape index (κ3) is 5.03. The summed E-state index contributed by atoms with van der Waals surface area (Å²) in [5, 5.41) is 7.03. The molecule has 0 saturated carbocycles. The Morgan fingerprint density at radius 3 is 1.98 bits per heavy atom. The number of fused-ring (bicyclic) bond motifs is 5. The van der Waals surface area contributed by atoms with Crippen molar-refractivity contribution in [3.63, 3.8) is 0 Å². The van der Waals surface area contributed by atoms with Gasteiger partial charge >= 0.3 is 0 Å². The molecule has 0 spiro atoms. The summed E-state index contributed by atoms with van der Waals surface area (Å²) in [6.45, 7) is 0. The SMILES string of the molecule is C1=c2ccccc2=C(c2ccc3oc4ccccc4c3c2-c2nc(-c3ccccc3)nc(-c3ccc(-c4cccc5ccccc45)cc3)n2)CC1. The third-order valence-corrected chi connectivity index (χ3v) is 10.0. The van der Waals surface area contributed by atoms with E-state index < -0.39 is 0 Å². The van der Waals surface area contributed by atoms with E-state index in [1.54, 1.807) is 0 Å². The summed E-state index contributed by atoms with van der Waals surface area (Å²) in [6, 6.07) is 55.0. The minimum absolute atomic E-state index is 0.626. The summed E-state index contributed by atoms with van der Waals surface area (Å²) in [6.07, 6.45) is 4.22. The summed E-state index contributed by atoms with van der Waals surface area (Å²) < 4.78 is 6.46. The second-order valence-corrected chi connectivity index (χ2v) is 13.0. The molecule has 0 N–H and O–H groups in total. The number of para-hydroxylation sites is 1. The molecule has 0 atom stereocenters. The first kappa shape index (κ1) is 29.3. The molecule has 0 radical (unpaired) electrons. The Labute approximate surface area is 294 Å². The minimum Gasteiger partial charge on any atom is -0.456 e. The average Bonchev–Trinajstić information content (AvgIpc) is 3.59. The van der Waals surface area contributed by atoms with Crippen LogP contribution in [0.1, 0.15) is 18.4 Å². The molecule has 0 unspecified atom stereocenters. The maximum absolute atomic E-state index is 6.46. The first-order valence-electron chi connectivity index (χ1n) is 17.4. The highest BCUT2D eigenvalue weighted by Crippen LogP contribution is 2.41. The first-order chi connectivity index (χ1) is 25.3. The van der Waals surface area contributed by atoms with Gasteiger partial charge in [0.25, 0.3) is 0 Å².